The Kier molecular flexibility index (Phi) is 5.20. The molecule has 5 nitrogen and oxygen atoms in total. The summed E-state index contributed by atoms with van der Waals surface area (Å²) in [5.41, 5.74) is 7.01. The number of nitrogens with one attached hydrogen (secondary N) is 2. The molecule has 1 aliphatic rings. The lowest BCUT2D eigenvalue weighted by atomic mass is 9.90. The molecule has 1 fully saturated rings. The first-order valence-corrected chi connectivity index (χ1v) is 7.45. The van der Waals surface area contributed by atoms with E-state index >= 15 is 0 Å². The number of aliphatic carboxylic acids is 1. The molecule has 1 saturated heterocycles. The van der Waals surface area contributed by atoms with Crippen molar-refractivity contribution in [2.45, 2.75) is 39.3 Å². The molecule has 21 heavy (non-hydrogen) atoms. The number of ether oxygens (including phenoxy) is 1. The highest BCUT2D eigenvalue weighted by Gasteiger charge is 2.39. The number of carbonyl (C=O) groups is 1. The SMILES string of the molecule is CC(C)CCOc1cccc(C2NNC(C)C2C(=O)O)c1. The van der Waals surface area contributed by atoms with Gasteiger partial charge in [0.15, 0.2) is 0 Å². The molecule has 0 aromatic heterocycles. The van der Waals surface area contributed by atoms with Crippen LogP contribution in [0.25, 0.3) is 0 Å². The number of hydrogen-bond donors (Lipinski definition) is 3. The minimum atomic E-state index is -0.795. The van der Waals surface area contributed by atoms with Gasteiger partial charge in [-0.05, 0) is 37.0 Å². The molecule has 3 unspecified atom stereocenters. The average molecular weight is 292 g/mol. The summed E-state index contributed by atoms with van der Waals surface area (Å²) in [6.45, 7) is 6.87. The predicted octanol–water partition coefficient (Wildman–Crippen LogP) is 2.35. The van der Waals surface area contributed by atoms with Crippen LogP contribution in [-0.2, 0) is 4.79 Å². The highest BCUT2D eigenvalue weighted by molar-refractivity contribution is 5.72. The first-order chi connectivity index (χ1) is 9.99. The van der Waals surface area contributed by atoms with E-state index in [4.69, 9.17) is 4.74 Å². The molecule has 0 spiro atoms. The first kappa shape index (κ1) is 15.8. The fourth-order valence-electron chi connectivity index (χ4n) is 2.55. The second-order valence-electron chi connectivity index (χ2n) is 6.02. The Morgan fingerprint density at radius 3 is 2.81 bits per heavy atom. The van der Waals surface area contributed by atoms with Gasteiger partial charge in [-0.25, -0.2) is 5.43 Å². The summed E-state index contributed by atoms with van der Waals surface area (Å²) in [6.07, 6.45) is 1.00. The van der Waals surface area contributed by atoms with Gasteiger partial charge in [0.2, 0.25) is 0 Å². The van der Waals surface area contributed by atoms with Crippen LogP contribution in [0.1, 0.15) is 38.8 Å². The molecule has 1 aromatic rings. The van der Waals surface area contributed by atoms with Gasteiger partial charge in [0.05, 0.1) is 18.6 Å². The standard InChI is InChI=1S/C16H24N2O3/c1-10(2)7-8-21-13-6-4-5-12(9-13)15-14(16(19)20)11(3)17-18-15/h4-6,9-11,14-15,17-18H,7-8H2,1-3H3,(H,19,20). The van der Waals surface area contributed by atoms with Crippen LogP contribution in [0.15, 0.2) is 24.3 Å². The van der Waals surface area contributed by atoms with Crippen LogP contribution in [0.3, 0.4) is 0 Å². The number of carboxylic acids is 1. The van der Waals surface area contributed by atoms with Gasteiger partial charge in [0.25, 0.3) is 0 Å². The molecule has 0 bridgehead atoms. The maximum Gasteiger partial charge on any atom is 0.310 e. The van der Waals surface area contributed by atoms with Crippen molar-refractivity contribution in [1.82, 2.24) is 10.9 Å². The minimum Gasteiger partial charge on any atom is -0.494 e. The van der Waals surface area contributed by atoms with Crippen LogP contribution >= 0.6 is 0 Å². The molecule has 0 amide bonds. The lowest BCUT2D eigenvalue weighted by Crippen LogP contribution is -2.30. The second kappa shape index (κ2) is 6.91. The maximum absolute atomic E-state index is 11.4. The van der Waals surface area contributed by atoms with Gasteiger partial charge in [-0.15, -0.1) is 0 Å². The van der Waals surface area contributed by atoms with Crippen molar-refractivity contribution < 1.29 is 14.6 Å². The Morgan fingerprint density at radius 1 is 1.38 bits per heavy atom. The van der Waals surface area contributed by atoms with Crippen molar-refractivity contribution >= 4 is 5.97 Å². The highest BCUT2D eigenvalue weighted by Crippen LogP contribution is 2.30. The summed E-state index contributed by atoms with van der Waals surface area (Å²) in [6, 6.07) is 7.31. The summed E-state index contributed by atoms with van der Waals surface area (Å²) in [5, 5.41) is 9.38. The molecule has 2 rings (SSSR count). The molecule has 3 atom stereocenters. The third kappa shape index (κ3) is 3.95. The van der Waals surface area contributed by atoms with E-state index in [0.29, 0.717) is 12.5 Å². The largest absolute Gasteiger partial charge is 0.494 e. The van der Waals surface area contributed by atoms with Crippen molar-refractivity contribution in [2.75, 3.05) is 6.61 Å². The molecule has 0 saturated carbocycles. The Labute approximate surface area is 125 Å². The molecule has 1 heterocycles. The van der Waals surface area contributed by atoms with Crippen molar-refractivity contribution in [3.63, 3.8) is 0 Å². The highest BCUT2D eigenvalue weighted by atomic mass is 16.5. The Morgan fingerprint density at radius 2 is 2.14 bits per heavy atom. The fraction of sp³-hybridized carbons (Fsp3) is 0.562. The molecule has 5 heteroatoms. The van der Waals surface area contributed by atoms with Crippen molar-refractivity contribution in [3.8, 4) is 5.75 Å². The van der Waals surface area contributed by atoms with Crippen molar-refractivity contribution in [1.29, 1.82) is 0 Å². The number of benzene rings is 1. The fourth-order valence-corrected chi connectivity index (χ4v) is 2.55. The second-order valence-corrected chi connectivity index (χ2v) is 6.02. The van der Waals surface area contributed by atoms with Crippen LogP contribution in [-0.4, -0.2) is 23.7 Å². The summed E-state index contributed by atoms with van der Waals surface area (Å²) < 4.78 is 5.74. The number of hydrazine groups is 1. The third-order valence-corrected chi connectivity index (χ3v) is 3.83. The molecule has 3 N–H and O–H groups in total. The summed E-state index contributed by atoms with van der Waals surface area (Å²) in [7, 11) is 0. The van der Waals surface area contributed by atoms with Crippen LogP contribution in [0, 0.1) is 11.8 Å². The van der Waals surface area contributed by atoms with Gasteiger partial charge in [-0.3, -0.25) is 10.2 Å². The zero-order chi connectivity index (χ0) is 15.4. The zero-order valence-electron chi connectivity index (χ0n) is 12.8. The quantitative estimate of drug-likeness (QED) is 0.751. The van der Waals surface area contributed by atoms with E-state index in [-0.39, 0.29) is 12.1 Å². The average Bonchev–Trinajstić information content (AvgIpc) is 2.81. The van der Waals surface area contributed by atoms with E-state index in [2.05, 4.69) is 24.7 Å². The Hall–Kier alpha value is -1.59. The Balaban J connectivity index is 2.08. The van der Waals surface area contributed by atoms with Gasteiger partial charge in [0, 0.05) is 6.04 Å². The predicted molar refractivity (Wildman–Crippen MR) is 81.0 cm³/mol. The number of hydrogen-bond acceptors (Lipinski definition) is 4. The van der Waals surface area contributed by atoms with E-state index in [1.54, 1.807) is 0 Å². The monoisotopic (exact) mass is 292 g/mol. The van der Waals surface area contributed by atoms with Crippen LogP contribution in [0.4, 0.5) is 0 Å². The smallest absolute Gasteiger partial charge is 0.310 e. The van der Waals surface area contributed by atoms with E-state index in [1.165, 1.54) is 0 Å². The van der Waals surface area contributed by atoms with Crippen LogP contribution in [0.2, 0.25) is 0 Å². The van der Waals surface area contributed by atoms with Gasteiger partial charge >= 0.3 is 5.97 Å². The molecule has 116 valence electrons. The normalized spacial score (nSPS) is 25.2. The maximum atomic E-state index is 11.4. The lowest BCUT2D eigenvalue weighted by Gasteiger charge is -2.18. The number of carboxylic acid groups (broad SMARTS) is 1. The summed E-state index contributed by atoms with van der Waals surface area (Å²) in [4.78, 5) is 11.4. The zero-order valence-corrected chi connectivity index (χ0v) is 12.8. The lowest BCUT2D eigenvalue weighted by molar-refractivity contribution is -0.142. The molecular weight excluding hydrogens is 268 g/mol. The van der Waals surface area contributed by atoms with Gasteiger partial charge in [-0.2, -0.15) is 0 Å². The van der Waals surface area contributed by atoms with Crippen LogP contribution in [0.5, 0.6) is 5.75 Å². The van der Waals surface area contributed by atoms with E-state index in [0.717, 1.165) is 17.7 Å². The third-order valence-electron chi connectivity index (χ3n) is 3.83. The first-order valence-electron chi connectivity index (χ1n) is 7.45. The molecule has 0 aliphatic carbocycles. The molecule has 0 radical (unpaired) electrons. The molecular formula is C16H24N2O3. The topological polar surface area (TPSA) is 70.6 Å². The van der Waals surface area contributed by atoms with Gasteiger partial charge < -0.3 is 9.84 Å². The van der Waals surface area contributed by atoms with Crippen molar-refractivity contribution in [3.05, 3.63) is 29.8 Å². The van der Waals surface area contributed by atoms with Crippen molar-refractivity contribution in [2.24, 2.45) is 11.8 Å². The summed E-state index contributed by atoms with van der Waals surface area (Å²) >= 11 is 0. The molecule has 1 aliphatic heterocycles. The van der Waals surface area contributed by atoms with E-state index < -0.39 is 11.9 Å². The van der Waals surface area contributed by atoms with Gasteiger partial charge in [0.1, 0.15) is 5.75 Å². The minimum absolute atomic E-state index is 0.113. The summed E-state index contributed by atoms with van der Waals surface area (Å²) in [5.74, 6) is 0.108. The van der Waals surface area contributed by atoms with E-state index in [9.17, 15) is 9.90 Å². The Bertz CT molecular complexity index is 490. The van der Waals surface area contributed by atoms with E-state index in [1.807, 2.05) is 31.2 Å². The number of rotatable bonds is 6. The van der Waals surface area contributed by atoms with Gasteiger partial charge in [-0.1, -0.05) is 26.0 Å². The molecule has 1 aromatic carbocycles. The van der Waals surface area contributed by atoms with Crippen LogP contribution < -0.4 is 15.6 Å².